The highest BCUT2D eigenvalue weighted by atomic mass is 16.6. The van der Waals surface area contributed by atoms with E-state index >= 15 is 0 Å². The standard InChI is InChI=1S/C24H38N4O6/c1-23(2,3)33-20(30)15-14-18(21(31)34-24(4,5)6)26-22(32)28-27-19(29)9-7-8-16-10-12-17(25)13-11-16/h10-13,18H,7-9,14-15,25H2,1-6H3,(H,27,29)(H2,26,28,32)/t18-/m0/s1. The molecule has 10 heteroatoms. The first-order chi connectivity index (χ1) is 15.6. The van der Waals surface area contributed by atoms with Crippen molar-refractivity contribution in [2.45, 2.75) is 90.9 Å². The number of nitrogens with two attached hydrogens (primary N) is 1. The molecule has 0 radical (unpaired) electrons. The van der Waals surface area contributed by atoms with Crippen molar-refractivity contribution < 1.29 is 28.7 Å². The number of aryl methyl sites for hydroxylation is 1. The van der Waals surface area contributed by atoms with Crippen molar-refractivity contribution in [3.63, 3.8) is 0 Å². The van der Waals surface area contributed by atoms with Crippen LogP contribution >= 0.6 is 0 Å². The van der Waals surface area contributed by atoms with Crippen LogP contribution in [0.1, 0.15) is 72.8 Å². The van der Waals surface area contributed by atoms with Crippen molar-refractivity contribution in [3.8, 4) is 0 Å². The molecular weight excluding hydrogens is 440 g/mol. The van der Waals surface area contributed by atoms with Crippen molar-refractivity contribution in [1.29, 1.82) is 0 Å². The van der Waals surface area contributed by atoms with Crippen molar-refractivity contribution in [2.75, 3.05) is 5.73 Å². The van der Waals surface area contributed by atoms with E-state index in [-0.39, 0.29) is 25.2 Å². The Morgan fingerprint density at radius 3 is 2.03 bits per heavy atom. The van der Waals surface area contributed by atoms with Gasteiger partial charge in [0.25, 0.3) is 0 Å². The number of urea groups is 1. The number of esters is 2. The summed E-state index contributed by atoms with van der Waals surface area (Å²) in [5.41, 5.74) is 10.5. The number of ether oxygens (including phenoxy) is 2. The van der Waals surface area contributed by atoms with Crippen molar-refractivity contribution >= 4 is 29.6 Å². The molecule has 190 valence electrons. The molecule has 1 aromatic carbocycles. The molecule has 0 unspecified atom stereocenters. The largest absolute Gasteiger partial charge is 0.460 e. The van der Waals surface area contributed by atoms with E-state index in [1.54, 1.807) is 53.7 Å². The third-order valence-electron chi connectivity index (χ3n) is 4.22. The monoisotopic (exact) mass is 478 g/mol. The summed E-state index contributed by atoms with van der Waals surface area (Å²) in [7, 11) is 0. The van der Waals surface area contributed by atoms with E-state index in [0.29, 0.717) is 18.5 Å². The van der Waals surface area contributed by atoms with Crippen molar-refractivity contribution in [2.24, 2.45) is 0 Å². The Balaban J connectivity index is 2.53. The van der Waals surface area contributed by atoms with Gasteiger partial charge in [0.05, 0.1) is 0 Å². The van der Waals surface area contributed by atoms with Crippen LogP contribution in [0.25, 0.3) is 0 Å². The fourth-order valence-electron chi connectivity index (χ4n) is 2.80. The molecule has 5 N–H and O–H groups in total. The minimum absolute atomic E-state index is 0.0210. The van der Waals surface area contributed by atoms with Gasteiger partial charge in [-0.15, -0.1) is 0 Å². The summed E-state index contributed by atoms with van der Waals surface area (Å²) in [6.07, 6.45) is 1.34. The second-order valence-electron chi connectivity index (χ2n) is 9.95. The summed E-state index contributed by atoms with van der Waals surface area (Å²) in [5.74, 6) is -1.58. The highest BCUT2D eigenvalue weighted by Gasteiger charge is 2.28. The van der Waals surface area contributed by atoms with Gasteiger partial charge in [0.1, 0.15) is 17.2 Å². The zero-order valence-electron chi connectivity index (χ0n) is 20.9. The third-order valence-corrected chi connectivity index (χ3v) is 4.22. The number of anilines is 1. The van der Waals surface area contributed by atoms with E-state index in [9.17, 15) is 19.2 Å². The predicted octanol–water partition coefficient (Wildman–Crippen LogP) is 2.75. The first-order valence-corrected chi connectivity index (χ1v) is 11.3. The van der Waals surface area contributed by atoms with Crippen LogP contribution in [0.15, 0.2) is 24.3 Å². The van der Waals surface area contributed by atoms with E-state index < -0.39 is 35.2 Å². The maximum absolute atomic E-state index is 12.5. The number of hydrazine groups is 1. The van der Waals surface area contributed by atoms with Crippen LogP contribution in [0.4, 0.5) is 10.5 Å². The summed E-state index contributed by atoms with van der Waals surface area (Å²) in [6, 6.07) is 5.48. The zero-order chi connectivity index (χ0) is 25.9. The van der Waals surface area contributed by atoms with Gasteiger partial charge in [0.2, 0.25) is 5.91 Å². The van der Waals surface area contributed by atoms with Gasteiger partial charge in [0.15, 0.2) is 0 Å². The highest BCUT2D eigenvalue weighted by Crippen LogP contribution is 2.13. The molecule has 10 nitrogen and oxygen atoms in total. The number of nitrogen functional groups attached to an aromatic ring is 1. The van der Waals surface area contributed by atoms with Crippen LogP contribution < -0.4 is 21.9 Å². The van der Waals surface area contributed by atoms with Gasteiger partial charge in [-0.1, -0.05) is 12.1 Å². The number of amides is 3. The molecule has 0 aliphatic heterocycles. The summed E-state index contributed by atoms with van der Waals surface area (Å²) in [5, 5.41) is 2.44. The molecule has 1 rings (SSSR count). The number of hydrogen-bond donors (Lipinski definition) is 4. The van der Waals surface area contributed by atoms with Gasteiger partial charge in [0, 0.05) is 18.5 Å². The Labute approximate surface area is 201 Å². The first kappa shape index (κ1) is 28.7. The number of benzene rings is 1. The smallest absolute Gasteiger partial charge is 0.334 e. The number of carbonyl (C=O) groups excluding carboxylic acids is 4. The minimum Gasteiger partial charge on any atom is -0.460 e. The van der Waals surface area contributed by atoms with Gasteiger partial charge < -0.3 is 20.5 Å². The Morgan fingerprint density at radius 2 is 1.47 bits per heavy atom. The molecule has 0 fully saturated rings. The fourth-order valence-corrected chi connectivity index (χ4v) is 2.80. The molecule has 1 aromatic rings. The van der Waals surface area contributed by atoms with Crippen molar-refractivity contribution in [3.05, 3.63) is 29.8 Å². The SMILES string of the molecule is CC(C)(C)OC(=O)CC[C@H](NC(=O)NNC(=O)CCCc1ccc(N)cc1)C(=O)OC(C)(C)C. The van der Waals surface area contributed by atoms with Crippen LogP contribution in [0.2, 0.25) is 0 Å². The molecular formula is C24H38N4O6. The van der Waals surface area contributed by atoms with Gasteiger partial charge in [-0.2, -0.15) is 0 Å². The third kappa shape index (κ3) is 13.3. The molecule has 0 heterocycles. The molecule has 0 saturated heterocycles. The highest BCUT2D eigenvalue weighted by molar-refractivity contribution is 5.86. The van der Waals surface area contributed by atoms with Gasteiger partial charge in [-0.05, 0) is 78.5 Å². The maximum Gasteiger partial charge on any atom is 0.334 e. The lowest BCUT2D eigenvalue weighted by Gasteiger charge is -2.25. The summed E-state index contributed by atoms with van der Waals surface area (Å²) in [4.78, 5) is 48.8. The number of hydrogen-bond acceptors (Lipinski definition) is 7. The van der Waals surface area contributed by atoms with Gasteiger partial charge in [-0.25, -0.2) is 15.0 Å². The Morgan fingerprint density at radius 1 is 0.882 bits per heavy atom. The number of carbonyl (C=O) groups is 4. The molecule has 3 amide bonds. The predicted molar refractivity (Wildman–Crippen MR) is 128 cm³/mol. The Hall–Kier alpha value is -3.30. The zero-order valence-corrected chi connectivity index (χ0v) is 20.9. The minimum atomic E-state index is -1.10. The molecule has 0 bridgehead atoms. The van der Waals surface area contributed by atoms with Gasteiger partial charge >= 0.3 is 18.0 Å². The van der Waals surface area contributed by atoms with Gasteiger partial charge in [-0.3, -0.25) is 15.0 Å². The topological polar surface area (TPSA) is 149 Å². The van der Waals surface area contributed by atoms with Crippen LogP contribution in [0.3, 0.4) is 0 Å². The second-order valence-corrected chi connectivity index (χ2v) is 9.95. The second kappa shape index (κ2) is 12.8. The summed E-state index contributed by atoms with van der Waals surface area (Å²) in [6.45, 7) is 10.3. The average Bonchev–Trinajstić information content (AvgIpc) is 2.68. The molecule has 0 aromatic heterocycles. The van der Waals surface area contributed by atoms with Crippen LogP contribution in [0, 0.1) is 0 Å². The van der Waals surface area contributed by atoms with Crippen LogP contribution in [-0.4, -0.2) is 41.1 Å². The lowest BCUT2D eigenvalue weighted by atomic mass is 10.1. The molecule has 34 heavy (non-hydrogen) atoms. The number of rotatable bonds is 9. The molecule has 0 saturated carbocycles. The number of nitrogens with one attached hydrogen (secondary N) is 3. The average molecular weight is 479 g/mol. The molecule has 0 aliphatic carbocycles. The molecule has 0 spiro atoms. The van der Waals surface area contributed by atoms with E-state index in [0.717, 1.165) is 5.56 Å². The molecule has 1 atom stereocenters. The summed E-state index contributed by atoms with van der Waals surface area (Å²) < 4.78 is 10.6. The lowest BCUT2D eigenvalue weighted by Crippen LogP contribution is -2.52. The summed E-state index contributed by atoms with van der Waals surface area (Å²) >= 11 is 0. The van der Waals surface area contributed by atoms with Crippen LogP contribution in [-0.2, 0) is 30.3 Å². The normalized spacial score (nSPS) is 12.3. The van der Waals surface area contributed by atoms with E-state index in [4.69, 9.17) is 15.2 Å². The van der Waals surface area contributed by atoms with E-state index in [1.807, 2.05) is 12.1 Å². The Kier molecular flexibility index (Phi) is 10.8. The van der Waals surface area contributed by atoms with Crippen LogP contribution in [0.5, 0.6) is 0 Å². The van der Waals surface area contributed by atoms with E-state index in [2.05, 4.69) is 16.2 Å². The quantitative estimate of drug-likeness (QED) is 0.242. The van der Waals surface area contributed by atoms with E-state index in [1.165, 1.54) is 0 Å². The molecule has 0 aliphatic rings. The first-order valence-electron chi connectivity index (χ1n) is 11.3. The Bertz CT molecular complexity index is 841. The lowest BCUT2D eigenvalue weighted by molar-refractivity contribution is -0.158. The van der Waals surface area contributed by atoms with Crippen molar-refractivity contribution in [1.82, 2.24) is 16.2 Å². The maximum atomic E-state index is 12.5. The fraction of sp³-hybridized carbons (Fsp3) is 0.583.